The molecule has 0 aromatic carbocycles. The molecule has 0 bridgehead atoms. The van der Waals surface area contributed by atoms with Crippen molar-refractivity contribution in [2.24, 2.45) is 23.7 Å². The highest BCUT2D eigenvalue weighted by Crippen LogP contribution is 2.50. The molecular weight excluding hydrogens is 637 g/mol. The maximum absolute atomic E-state index is 13.1. The summed E-state index contributed by atoms with van der Waals surface area (Å²) in [6.07, 6.45) is 12.9. The van der Waals surface area contributed by atoms with E-state index >= 15 is 0 Å². The highest BCUT2D eigenvalue weighted by molar-refractivity contribution is 7.90. The summed E-state index contributed by atoms with van der Waals surface area (Å²) in [5.41, 5.74) is 0.552. The molecule has 45 heavy (non-hydrogen) atoms. The topological polar surface area (TPSA) is 133 Å². The number of rotatable bonds is 14. The van der Waals surface area contributed by atoms with Gasteiger partial charge in [0, 0.05) is 36.1 Å². The Morgan fingerprint density at radius 3 is 2.56 bits per heavy atom. The van der Waals surface area contributed by atoms with E-state index in [1.54, 1.807) is 36.1 Å². The van der Waals surface area contributed by atoms with E-state index in [2.05, 4.69) is 39.1 Å². The predicted octanol–water partition coefficient (Wildman–Crippen LogP) is 5.34. The Morgan fingerprint density at radius 1 is 1.18 bits per heavy atom. The lowest BCUT2D eigenvalue weighted by Gasteiger charge is -2.17. The number of nitrogens with zero attached hydrogens (tertiary/aromatic N) is 5. The second-order valence-electron chi connectivity index (χ2n) is 13.4. The molecule has 1 unspecified atom stereocenters. The molecule has 6 rings (SSSR count). The number of sulfonamides is 1. The fourth-order valence-corrected chi connectivity index (χ4v) is 7.95. The Kier molecular flexibility index (Phi) is 10.2. The summed E-state index contributed by atoms with van der Waals surface area (Å²) in [5, 5.41) is 11.9. The monoisotopic (exact) mass is 679 g/mol. The summed E-state index contributed by atoms with van der Waals surface area (Å²) < 4.78 is 37.4. The minimum Gasteiger partial charge on any atom is -0.477 e. The molecule has 1 saturated heterocycles. The van der Waals surface area contributed by atoms with E-state index in [9.17, 15) is 13.2 Å². The van der Waals surface area contributed by atoms with Crippen LogP contribution in [0.2, 0.25) is 5.15 Å². The fourth-order valence-electron chi connectivity index (χ4n) is 6.58. The van der Waals surface area contributed by atoms with Crippen LogP contribution in [0.5, 0.6) is 5.88 Å². The van der Waals surface area contributed by atoms with Crippen LogP contribution in [0.1, 0.15) is 81.1 Å². The van der Waals surface area contributed by atoms with Gasteiger partial charge in [-0.2, -0.15) is 13.5 Å². The molecule has 11 nitrogen and oxygen atoms in total. The molecule has 4 heterocycles. The predicted molar refractivity (Wildman–Crippen MR) is 174 cm³/mol. The van der Waals surface area contributed by atoms with Crippen molar-refractivity contribution in [3.8, 4) is 11.7 Å². The van der Waals surface area contributed by atoms with Gasteiger partial charge in [0.05, 0.1) is 12.2 Å². The van der Waals surface area contributed by atoms with Gasteiger partial charge in [0.2, 0.25) is 5.88 Å². The lowest BCUT2D eigenvalue weighted by atomic mass is 9.94. The van der Waals surface area contributed by atoms with Crippen molar-refractivity contribution in [2.75, 3.05) is 13.2 Å². The van der Waals surface area contributed by atoms with Gasteiger partial charge < -0.3 is 10.1 Å². The molecule has 1 aliphatic heterocycles. The van der Waals surface area contributed by atoms with E-state index in [0.717, 1.165) is 50.0 Å². The van der Waals surface area contributed by atoms with Crippen molar-refractivity contribution in [3.63, 3.8) is 0 Å². The van der Waals surface area contributed by atoms with Gasteiger partial charge >= 0.3 is 0 Å². The maximum atomic E-state index is 13.1. The summed E-state index contributed by atoms with van der Waals surface area (Å²) in [6, 6.07) is 4.75. The summed E-state index contributed by atoms with van der Waals surface area (Å²) in [5.74, 6) is 3.12. The molecule has 14 heteroatoms. The third-order valence-corrected chi connectivity index (χ3v) is 10.7. The van der Waals surface area contributed by atoms with Crippen LogP contribution in [0.15, 0.2) is 35.6 Å². The van der Waals surface area contributed by atoms with Gasteiger partial charge in [-0.25, -0.2) is 14.4 Å². The van der Waals surface area contributed by atoms with Crippen LogP contribution in [0.4, 0.5) is 0 Å². The first kappa shape index (κ1) is 33.7. The lowest BCUT2D eigenvalue weighted by molar-refractivity contribution is 0.0981. The Balaban J connectivity index is 0.00000400. The molecule has 3 aromatic rings. The number of hydrogen-bond donors (Lipinski definition) is 2. The molecule has 3 aromatic heterocycles. The van der Waals surface area contributed by atoms with Gasteiger partial charge in [0.25, 0.3) is 15.9 Å². The Hall–Kier alpha value is -2.67. The van der Waals surface area contributed by atoms with E-state index in [1.165, 1.54) is 36.4 Å². The van der Waals surface area contributed by atoms with Gasteiger partial charge in [-0.3, -0.25) is 9.48 Å². The first-order valence-corrected chi connectivity index (χ1v) is 17.6. The molecule has 1 amide bonds. The van der Waals surface area contributed by atoms with E-state index in [1.807, 2.05) is 0 Å². The number of hydrogen-bond acceptors (Lipinski definition) is 8. The Morgan fingerprint density at radius 2 is 1.91 bits per heavy atom. The number of carbonyl (C=O) groups is 1. The zero-order chi connectivity index (χ0) is 31.1. The molecule has 2 aliphatic carbocycles. The summed E-state index contributed by atoms with van der Waals surface area (Å²) >= 11 is 6.35. The number of halogens is 2. The third-order valence-electron chi connectivity index (χ3n) is 9.08. The quantitative estimate of drug-likeness (QED) is 0.218. The van der Waals surface area contributed by atoms with Crippen LogP contribution in [0, 0.1) is 30.6 Å². The minimum absolute atomic E-state index is 0. The molecule has 1 atom stereocenters. The van der Waals surface area contributed by atoms with Gasteiger partial charge in [-0.05, 0) is 114 Å². The fraction of sp³-hybridized carbons (Fsp3) is 0.613. The minimum atomic E-state index is -4.23. The largest absolute Gasteiger partial charge is 0.477 e. The number of aryl methyl sites for hydroxylation is 2. The van der Waals surface area contributed by atoms with Gasteiger partial charge in [0.15, 0.2) is 10.8 Å². The number of aromatic nitrogens is 5. The van der Waals surface area contributed by atoms with E-state index in [0.29, 0.717) is 36.3 Å². The van der Waals surface area contributed by atoms with Crippen LogP contribution in [-0.4, -0.2) is 57.6 Å². The van der Waals surface area contributed by atoms with E-state index < -0.39 is 15.9 Å². The first-order chi connectivity index (χ1) is 21.0. The molecule has 2 N–H and O–H groups in total. The number of nitrogens with one attached hydrogen (secondary N) is 2. The zero-order valence-electron chi connectivity index (χ0n) is 26.0. The van der Waals surface area contributed by atoms with Crippen molar-refractivity contribution in [1.29, 1.82) is 0 Å². The average Bonchev–Trinajstić information content (AvgIpc) is 3.87. The number of amides is 1. The maximum Gasteiger partial charge on any atom is 0.283 e. The van der Waals surface area contributed by atoms with Crippen molar-refractivity contribution in [2.45, 2.75) is 89.2 Å². The number of carbonyl (C=O) groups excluding carboxylic acids is 1. The van der Waals surface area contributed by atoms with Gasteiger partial charge in [-0.15, -0.1) is 17.5 Å². The SMILES string of the molecule is Cc1cn(CCCC2CNC(C)(C)C2)nc1S(=O)(=O)NC(=O)c1ccc(-n2ccc(OCCC(C3CC3)C3CC3)n2)nc1Cl.Cl. The molecule has 0 spiro atoms. The molecule has 246 valence electrons. The van der Waals surface area contributed by atoms with Crippen LogP contribution >= 0.6 is 24.0 Å². The van der Waals surface area contributed by atoms with Gasteiger partial charge in [-0.1, -0.05) is 11.6 Å². The Labute approximate surface area is 276 Å². The van der Waals surface area contributed by atoms with Crippen LogP contribution in [-0.2, 0) is 16.6 Å². The number of pyridine rings is 1. The molecule has 2 saturated carbocycles. The van der Waals surface area contributed by atoms with Crippen molar-refractivity contribution in [1.82, 2.24) is 34.6 Å². The second-order valence-corrected chi connectivity index (χ2v) is 15.3. The normalized spacial score (nSPS) is 19.4. The van der Waals surface area contributed by atoms with Gasteiger partial charge in [0.1, 0.15) is 5.15 Å². The Bertz CT molecular complexity index is 1600. The summed E-state index contributed by atoms with van der Waals surface area (Å²) in [7, 11) is -4.23. The first-order valence-electron chi connectivity index (χ1n) is 15.7. The van der Waals surface area contributed by atoms with Crippen LogP contribution in [0.3, 0.4) is 0 Å². The molecular formula is C31H43Cl2N7O4S. The van der Waals surface area contributed by atoms with Crippen molar-refractivity contribution >= 4 is 39.9 Å². The standard InChI is InChI=1S/C31H42ClN7O4S.ClH/c1-20-19-38(14-4-5-21-17-31(2,3)33-18-21)36-30(20)44(41,42)37-29(40)25-10-11-26(34-28(25)32)39-15-12-27(35-39)43-16-13-24(22-6-7-22)23-8-9-23;/h10-12,15,19,21-24,33H,4-9,13-14,16-18H2,1-3H3,(H,37,40);1H. The molecule has 0 radical (unpaired) electrons. The highest BCUT2D eigenvalue weighted by Gasteiger charge is 2.41. The lowest BCUT2D eigenvalue weighted by Crippen LogP contribution is -2.31. The van der Waals surface area contributed by atoms with E-state index in [-0.39, 0.29) is 33.7 Å². The zero-order valence-corrected chi connectivity index (χ0v) is 28.4. The smallest absolute Gasteiger partial charge is 0.283 e. The summed E-state index contributed by atoms with van der Waals surface area (Å²) in [4.78, 5) is 17.3. The number of ether oxygens (including phenoxy) is 1. The van der Waals surface area contributed by atoms with E-state index in [4.69, 9.17) is 16.3 Å². The second kappa shape index (κ2) is 13.6. The van der Waals surface area contributed by atoms with Crippen molar-refractivity contribution in [3.05, 3.63) is 46.9 Å². The highest BCUT2D eigenvalue weighted by atomic mass is 35.5. The molecule has 3 aliphatic rings. The third kappa shape index (κ3) is 8.38. The average molecular weight is 681 g/mol. The summed E-state index contributed by atoms with van der Waals surface area (Å²) in [6.45, 7) is 8.30. The van der Waals surface area contributed by atoms with Crippen molar-refractivity contribution < 1.29 is 17.9 Å². The van der Waals surface area contributed by atoms with Crippen LogP contribution < -0.4 is 14.8 Å². The molecule has 3 fully saturated rings. The van der Waals surface area contributed by atoms with Crippen LogP contribution in [0.25, 0.3) is 5.82 Å².